The van der Waals surface area contributed by atoms with Crippen LogP contribution in [0.3, 0.4) is 0 Å². The molecule has 1 aromatic heterocycles. The summed E-state index contributed by atoms with van der Waals surface area (Å²) >= 11 is 0. The molecule has 1 aliphatic rings. The SMILES string of the molecule is CCC(N)C(c1ccc(C)o1)N1CCCC1CCCO. The highest BCUT2D eigenvalue weighted by Gasteiger charge is 2.35. The third kappa shape index (κ3) is 3.43. The molecule has 1 fully saturated rings. The zero-order chi connectivity index (χ0) is 14.5. The van der Waals surface area contributed by atoms with Crippen molar-refractivity contribution in [2.75, 3.05) is 13.2 Å². The highest BCUT2D eigenvalue weighted by Crippen LogP contribution is 2.34. The molecule has 2 heterocycles. The first-order valence-electron chi connectivity index (χ1n) is 7.85. The molecule has 1 aromatic rings. The number of rotatable bonds is 7. The fourth-order valence-electron chi connectivity index (χ4n) is 3.32. The summed E-state index contributed by atoms with van der Waals surface area (Å²) in [5.41, 5.74) is 6.38. The van der Waals surface area contributed by atoms with Gasteiger partial charge in [-0.3, -0.25) is 4.90 Å². The second kappa shape index (κ2) is 7.25. The van der Waals surface area contributed by atoms with E-state index in [1.807, 2.05) is 13.0 Å². The van der Waals surface area contributed by atoms with Crippen LogP contribution in [-0.4, -0.2) is 35.2 Å². The lowest BCUT2D eigenvalue weighted by molar-refractivity contribution is 0.122. The van der Waals surface area contributed by atoms with Gasteiger partial charge in [-0.2, -0.15) is 0 Å². The highest BCUT2D eigenvalue weighted by molar-refractivity contribution is 5.13. The predicted octanol–water partition coefficient (Wildman–Crippen LogP) is 2.60. The number of nitrogens with zero attached hydrogens (tertiary/aromatic N) is 1. The van der Waals surface area contributed by atoms with E-state index in [-0.39, 0.29) is 18.7 Å². The molecule has 3 N–H and O–H groups in total. The van der Waals surface area contributed by atoms with Crippen molar-refractivity contribution in [3.63, 3.8) is 0 Å². The summed E-state index contributed by atoms with van der Waals surface area (Å²) in [4.78, 5) is 2.50. The molecule has 0 amide bonds. The average Bonchev–Trinajstić information content (AvgIpc) is 3.06. The molecule has 0 aromatic carbocycles. The van der Waals surface area contributed by atoms with Gasteiger partial charge in [0.1, 0.15) is 11.5 Å². The van der Waals surface area contributed by atoms with Crippen LogP contribution in [-0.2, 0) is 0 Å². The number of hydrogen-bond acceptors (Lipinski definition) is 4. The van der Waals surface area contributed by atoms with Crippen molar-refractivity contribution >= 4 is 0 Å². The average molecular weight is 280 g/mol. The normalized spacial score (nSPS) is 23.1. The van der Waals surface area contributed by atoms with E-state index in [1.54, 1.807) is 0 Å². The molecule has 4 nitrogen and oxygen atoms in total. The van der Waals surface area contributed by atoms with Crippen molar-refractivity contribution in [3.05, 3.63) is 23.7 Å². The molecule has 20 heavy (non-hydrogen) atoms. The maximum Gasteiger partial charge on any atom is 0.122 e. The van der Waals surface area contributed by atoms with Crippen LogP contribution in [0.5, 0.6) is 0 Å². The van der Waals surface area contributed by atoms with E-state index in [1.165, 1.54) is 12.8 Å². The van der Waals surface area contributed by atoms with E-state index in [0.29, 0.717) is 6.04 Å². The van der Waals surface area contributed by atoms with Gasteiger partial charge in [-0.15, -0.1) is 0 Å². The Morgan fingerprint density at radius 2 is 2.30 bits per heavy atom. The van der Waals surface area contributed by atoms with E-state index in [4.69, 9.17) is 15.3 Å². The minimum atomic E-state index is 0.0928. The Labute approximate surface area is 121 Å². The molecule has 0 aliphatic carbocycles. The molecule has 4 heteroatoms. The Bertz CT molecular complexity index is 405. The van der Waals surface area contributed by atoms with Crippen LogP contribution in [0.4, 0.5) is 0 Å². The zero-order valence-electron chi connectivity index (χ0n) is 12.7. The fourth-order valence-corrected chi connectivity index (χ4v) is 3.32. The van der Waals surface area contributed by atoms with Gasteiger partial charge >= 0.3 is 0 Å². The number of aliphatic hydroxyl groups excluding tert-OH is 1. The van der Waals surface area contributed by atoms with Crippen molar-refractivity contribution < 1.29 is 9.52 Å². The van der Waals surface area contributed by atoms with Gasteiger partial charge in [0.25, 0.3) is 0 Å². The molecule has 2 rings (SSSR count). The van der Waals surface area contributed by atoms with Gasteiger partial charge in [0.2, 0.25) is 0 Å². The number of aliphatic hydroxyl groups is 1. The molecule has 0 radical (unpaired) electrons. The van der Waals surface area contributed by atoms with Crippen molar-refractivity contribution in [3.8, 4) is 0 Å². The topological polar surface area (TPSA) is 62.6 Å². The molecule has 0 spiro atoms. The molecule has 1 aliphatic heterocycles. The second-order valence-electron chi connectivity index (χ2n) is 5.87. The summed E-state index contributed by atoms with van der Waals surface area (Å²) in [5.74, 6) is 1.94. The lowest BCUT2D eigenvalue weighted by Crippen LogP contribution is -2.43. The van der Waals surface area contributed by atoms with Crippen LogP contribution in [0, 0.1) is 6.92 Å². The van der Waals surface area contributed by atoms with Crippen molar-refractivity contribution in [1.29, 1.82) is 0 Å². The Kier molecular flexibility index (Phi) is 5.64. The van der Waals surface area contributed by atoms with Crippen molar-refractivity contribution in [2.24, 2.45) is 5.73 Å². The number of likely N-dealkylation sites (tertiary alicyclic amines) is 1. The molecule has 114 valence electrons. The minimum absolute atomic E-state index is 0.0928. The predicted molar refractivity (Wildman–Crippen MR) is 80.5 cm³/mol. The maximum absolute atomic E-state index is 9.07. The molecular weight excluding hydrogens is 252 g/mol. The molecular formula is C16H28N2O2. The monoisotopic (exact) mass is 280 g/mol. The van der Waals surface area contributed by atoms with Gasteiger partial charge < -0.3 is 15.3 Å². The van der Waals surface area contributed by atoms with Gasteiger partial charge in [0, 0.05) is 18.7 Å². The summed E-state index contributed by atoms with van der Waals surface area (Å²) in [6.07, 6.45) is 5.26. The fraction of sp³-hybridized carbons (Fsp3) is 0.750. The molecule has 1 saturated heterocycles. The van der Waals surface area contributed by atoms with Crippen molar-refractivity contribution in [2.45, 2.75) is 64.1 Å². The first kappa shape index (κ1) is 15.5. The highest BCUT2D eigenvalue weighted by atomic mass is 16.3. The summed E-state index contributed by atoms with van der Waals surface area (Å²) in [6.45, 7) is 5.46. The lowest BCUT2D eigenvalue weighted by Gasteiger charge is -2.35. The van der Waals surface area contributed by atoms with Crippen LogP contribution in [0.25, 0.3) is 0 Å². The number of hydrogen-bond donors (Lipinski definition) is 2. The quantitative estimate of drug-likeness (QED) is 0.806. The number of nitrogens with two attached hydrogens (primary N) is 1. The van der Waals surface area contributed by atoms with E-state index < -0.39 is 0 Å². The first-order valence-corrected chi connectivity index (χ1v) is 7.85. The molecule has 3 atom stereocenters. The van der Waals surface area contributed by atoms with Crippen LogP contribution in [0.15, 0.2) is 16.5 Å². The van der Waals surface area contributed by atoms with Crippen LogP contribution in [0.1, 0.15) is 56.6 Å². The van der Waals surface area contributed by atoms with Crippen LogP contribution < -0.4 is 5.73 Å². The van der Waals surface area contributed by atoms with Gasteiger partial charge in [-0.05, 0) is 57.7 Å². The minimum Gasteiger partial charge on any atom is -0.465 e. The molecule has 3 unspecified atom stereocenters. The molecule has 0 saturated carbocycles. The Morgan fingerprint density at radius 1 is 1.50 bits per heavy atom. The van der Waals surface area contributed by atoms with E-state index >= 15 is 0 Å². The lowest BCUT2D eigenvalue weighted by atomic mass is 9.99. The zero-order valence-corrected chi connectivity index (χ0v) is 12.7. The largest absolute Gasteiger partial charge is 0.465 e. The summed E-state index contributed by atoms with van der Waals surface area (Å²) in [6, 6.07) is 4.87. The second-order valence-corrected chi connectivity index (χ2v) is 5.87. The Morgan fingerprint density at radius 3 is 2.90 bits per heavy atom. The summed E-state index contributed by atoms with van der Waals surface area (Å²) in [5, 5.41) is 9.07. The number of aryl methyl sites for hydroxylation is 1. The third-order valence-electron chi connectivity index (χ3n) is 4.41. The number of furan rings is 1. The standard InChI is InChI=1S/C16H28N2O2/c1-3-14(17)16(15-9-8-12(2)20-15)18-10-4-6-13(18)7-5-11-19/h8-9,13-14,16,19H,3-7,10-11,17H2,1-2H3. The van der Waals surface area contributed by atoms with E-state index in [2.05, 4.69) is 17.9 Å². The Balaban J connectivity index is 2.17. The first-order chi connectivity index (χ1) is 9.67. The van der Waals surface area contributed by atoms with Crippen LogP contribution >= 0.6 is 0 Å². The van der Waals surface area contributed by atoms with Gasteiger partial charge in [-0.25, -0.2) is 0 Å². The van der Waals surface area contributed by atoms with Gasteiger partial charge in [0.15, 0.2) is 0 Å². The van der Waals surface area contributed by atoms with Gasteiger partial charge in [0.05, 0.1) is 6.04 Å². The van der Waals surface area contributed by atoms with Crippen LogP contribution in [0.2, 0.25) is 0 Å². The maximum atomic E-state index is 9.07. The van der Waals surface area contributed by atoms with Gasteiger partial charge in [-0.1, -0.05) is 6.92 Å². The summed E-state index contributed by atoms with van der Waals surface area (Å²) in [7, 11) is 0. The van der Waals surface area contributed by atoms with Crippen molar-refractivity contribution in [1.82, 2.24) is 4.90 Å². The van der Waals surface area contributed by atoms with E-state index in [9.17, 15) is 0 Å². The van der Waals surface area contributed by atoms with E-state index in [0.717, 1.165) is 37.3 Å². The Hall–Kier alpha value is -0.840. The molecule has 0 bridgehead atoms. The third-order valence-corrected chi connectivity index (χ3v) is 4.41. The smallest absolute Gasteiger partial charge is 0.122 e. The summed E-state index contributed by atoms with van der Waals surface area (Å²) < 4.78 is 5.86.